The molecule has 1 aromatic rings. The first-order chi connectivity index (χ1) is 6.77. The van der Waals surface area contributed by atoms with E-state index in [-0.39, 0.29) is 0 Å². The van der Waals surface area contributed by atoms with Crippen LogP contribution in [-0.4, -0.2) is 10.9 Å². The summed E-state index contributed by atoms with van der Waals surface area (Å²) in [5.74, 6) is 2.99. The first kappa shape index (κ1) is 11.6. The van der Waals surface area contributed by atoms with Crippen molar-refractivity contribution in [3.8, 4) is 0 Å². The Kier molecular flexibility index (Phi) is 5.02. The van der Waals surface area contributed by atoms with E-state index in [1.165, 1.54) is 6.42 Å². The molecule has 0 N–H and O–H groups in total. The molecule has 0 aliphatic rings. The van der Waals surface area contributed by atoms with Gasteiger partial charge in [0, 0.05) is 18.2 Å². The van der Waals surface area contributed by atoms with Gasteiger partial charge in [-0.25, -0.2) is 4.98 Å². The van der Waals surface area contributed by atoms with Crippen molar-refractivity contribution in [1.29, 1.82) is 0 Å². The number of halogens is 1. The van der Waals surface area contributed by atoms with Crippen molar-refractivity contribution in [2.75, 3.05) is 5.88 Å². The maximum absolute atomic E-state index is 5.63. The third-order valence-electron chi connectivity index (χ3n) is 2.30. The molecule has 0 aliphatic heterocycles. The van der Waals surface area contributed by atoms with Gasteiger partial charge >= 0.3 is 0 Å². The summed E-state index contributed by atoms with van der Waals surface area (Å²) in [6.45, 7) is 4.36. The first-order valence-corrected chi connectivity index (χ1v) is 5.82. The second-order valence-electron chi connectivity index (χ2n) is 3.64. The molecule has 0 saturated heterocycles. The van der Waals surface area contributed by atoms with Gasteiger partial charge in [-0.3, -0.25) is 0 Å². The summed E-state index contributed by atoms with van der Waals surface area (Å²) in [7, 11) is 0. The van der Waals surface area contributed by atoms with Crippen molar-refractivity contribution >= 4 is 11.6 Å². The van der Waals surface area contributed by atoms with Gasteiger partial charge < -0.3 is 4.42 Å². The molecule has 2 nitrogen and oxygen atoms in total. The minimum atomic E-state index is 0.484. The van der Waals surface area contributed by atoms with Crippen LogP contribution in [0.25, 0.3) is 0 Å². The van der Waals surface area contributed by atoms with Crippen molar-refractivity contribution in [2.45, 2.75) is 45.4 Å². The van der Waals surface area contributed by atoms with Gasteiger partial charge in [0.15, 0.2) is 5.89 Å². The average molecular weight is 216 g/mol. The summed E-state index contributed by atoms with van der Waals surface area (Å²) in [5, 5.41) is 0. The van der Waals surface area contributed by atoms with Crippen LogP contribution in [0.5, 0.6) is 0 Å². The molecule has 1 heterocycles. The van der Waals surface area contributed by atoms with Gasteiger partial charge in [0.1, 0.15) is 5.76 Å². The summed E-state index contributed by atoms with van der Waals surface area (Å²) >= 11 is 5.60. The summed E-state index contributed by atoms with van der Waals surface area (Å²) in [5.41, 5.74) is 0. The average Bonchev–Trinajstić information content (AvgIpc) is 2.63. The summed E-state index contributed by atoms with van der Waals surface area (Å²) in [4.78, 5) is 4.23. The quantitative estimate of drug-likeness (QED) is 0.676. The van der Waals surface area contributed by atoms with E-state index in [1.807, 2.05) is 6.20 Å². The molecule has 0 amide bonds. The van der Waals surface area contributed by atoms with Crippen molar-refractivity contribution in [3.05, 3.63) is 17.8 Å². The molecule has 0 saturated carbocycles. The molecule has 1 atom stereocenters. The van der Waals surface area contributed by atoms with Crippen LogP contribution in [0.2, 0.25) is 0 Å². The van der Waals surface area contributed by atoms with E-state index in [0.29, 0.717) is 11.8 Å². The summed E-state index contributed by atoms with van der Waals surface area (Å²) in [6, 6.07) is 0. The van der Waals surface area contributed by atoms with Crippen LogP contribution < -0.4 is 0 Å². The van der Waals surface area contributed by atoms with E-state index in [1.54, 1.807) is 0 Å². The fourth-order valence-corrected chi connectivity index (χ4v) is 1.59. The molecule has 0 bridgehead atoms. The topological polar surface area (TPSA) is 26.0 Å². The van der Waals surface area contributed by atoms with Crippen molar-refractivity contribution in [3.63, 3.8) is 0 Å². The van der Waals surface area contributed by atoms with Crippen LogP contribution in [-0.2, 0) is 6.42 Å². The molecule has 3 heteroatoms. The van der Waals surface area contributed by atoms with E-state index in [9.17, 15) is 0 Å². The molecule has 14 heavy (non-hydrogen) atoms. The van der Waals surface area contributed by atoms with Gasteiger partial charge in [-0.05, 0) is 12.8 Å². The number of alkyl halides is 1. The SMILES string of the molecule is CCCC(C)c1cnc(CCCCl)o1. The maximum Gasteiger partial charge on any atom is 0.194 e. The normalized spacial score (nSPS) is 13.1. The third kappa shape index (κ3) is 3.33. The predicted molar refractivity (Wildman–Crippen MR) is 58.9 cm³/mol. The largest absolute Gasteiger partial charge is 0.445 e. The number of aromatic nitrogens is 1. The molecule has 0 aliphatic carbocycles. The molecule has 0 radical (unpaired) electrons. The minimum absolute atomic E-state index is 0.484. The van der Waals surface area contributed by atoms with Crippen LogP contribution in [0.3, 0.4) is 0 Å². The Balaban J connectivity index is 2.49. The highest BCUT2D eigenvalue weighted by atomic mass is 35.5. The van der Waals surface area contributed by atoms with E-state index < -0.39 is 0 Å². The number of nitrogens with zero attached hydrogens (tertiary/aromatic N) is 1. The Morgan fingerprint density at radius 3 is 3.00 bits per heavy atom. The van der Waals surface area contributed by atoms with Crippen molar-refractivity contribution in [1.82, 2.24) is 4.98 Å². The Labute approximate surface area is 90.7 Å². The van der Waals surface area contributed by atoms with E-state index in [4.69, 9.17) is 16.0 Å². The number of hydrogen-bond donors (Lipinski definition) is 0. The number of rotatable bonds is 6. The van der Waals surface area contributed by atoms with Crippen LogP contribution in [0.1, 0.15) is 50.7 Å². The zero-order chi connectivity index (χ0) is 10.4. The zero-order valence-corrected chi connectivity index (χ0v) is 9.68. The lowest BCUT2D eigenvalue weighted by molar-refractivity contribution is 0.420. The number of hydrogen-bond acceptors (Lipinski definition) is 2. The van der Waals surface area contributed by atoms with Gasteiger partial charge in [-0.15, -0.1) is 11.6 Å². The maximum atomic E-state index is 5.63. The standard InChI is InChI=1S/C11H18ClNO/c1-3-5-9(2)10-8-13-11(14-10)6-4-7-12/h8-9H,3-7H2,1-2H3. The smallest absolute Gasteiger partial charge is 0.194 e. The zero-order valence-electron chi connectivity index (χ0n) is 8.92. The van der Waals surface area contributed by atoms with Crippen LogP contribution in [0, 0.1) is 0 Å². The molecule has 1 aromatic heterocycles. The second-order valence-corrected chi connectivity index (χ2v) is 4.02. The molecule has 0 fully saturated rings. The van der Waals surface area contributed by atoms with Gasteiger partial charge in [0.2, 0.25) is 0 Å². The highest BCUT2D eigenvalue weighted by Gasteiger charge is 2.10. The highest BCUT2D eigenvalue weighted by Crippen LogP contribution is 2.21. The van der Waals surface area contributed by atoms with E-state index in [2.05, 4.69) is 18.8 Å². The molecule has 1 unspecified atom stereocenters. The predicted octanol–water partition coefficient (Wildman–Crippen LogP) is 3.75. The Bertz CT molecular complexity index is 260. The van der Waals surface area contributed by atoms with Crippen molar-refractivity contribution < 1.29 is 4.42 Å². The van der Waals surface area contributed by atoms with Gasteiger partial charge in [0.05, 0.1) is 6.20 Å². The number of oxazole rings is 1. The first-order valence-electron chi connectivity index (χ1n) is 5.28. The molecular formula is C11H18ClNO. The monoisotopic (exact) mass is 215 g/mol. The summed E-state index contributed by atoms with van der Waals surface area (Å²) < 4.78 is 5.63. The minimum Gasteiger partial charge on any atom is -0.445 e. The van der Waals surface area contributed by atoms with Crippen LogP contribution >= 0.6 is 11.6 Å². The molecule has 0 spiro atoms. The van der Waals surface area contributed by atoms with E-state index in [0.717, 1.165) is 30.9 Å². The van der Waals surface area contributed by atoms with Crippen molar-refractivity contribution in [2.24, 2.45) is 0 Å². The van der Waals surface area contributed by atoms with Gasteiger partial charge in [-0.1, -0.05) is 20.3 Å². The second kappa shape index (κ2) is 6.07. The van der Waals surface area contributed by atoms with E-state index >= 15 is 0 Å². The number of aryl methyl sites for hydroxylation is 1. The van der Waals surface area contributed by atoms with Crippen LogP contribution in [0.15, 0.2) is 10.6 Å². The lowest BCUT2D eigenvalue weighted by Gasteiger charge is -2.04. The Morgan fingerprint density at radius 1 is 1.57 bits per heavy atom. The van der Waals surface area contributed by atoms with Gasteiger partial charge in [-0.2, -0.15) is 0 Å². The third-order valence-corrected chi connectivity index (χ3v) is 2.57. The summed E-state index contributed by atoms with van der Waals surface area (Å²) in [6.07, 6.45) is 5.97. The fourth-order valence-electron chi connectivity index (χ4n) is 1.46. The molecule has 0 aromatic carbocycles. The fraction of sp³-hybridized carbons (Fsp3) is 0.727. The Morgan fingerprint density at radius 2 is 2.36 bits per heavy atom. The lowest BCUT2D eigenvalue weighted by atomic mass is 10.0. The molecule has 1 rings (SSSR count). The molecule has 80 valence electrons. The lowest BCUT2D eigenvalue weighted by Crippen LogP contribution is -1.89. The van der Waals surface area contributed by atoms with Gasteiger partial charge in [0.25, 0.3) is 0 Å². The Hall–Kier alpha value is -0.500. The molecular weight excluding hydrogens is 198 g/mol. The van der Waals surface area contributed by atoms with Crippen LogP contribution in [0.4, 0.5) is 0 Å². The highest BCUT2D eigenvalue weighted by molar-refractivity contribution is 6.17.